The summed E-state index contributed by atoms with van der Waals surface area (Å²) in [5.74, 6) is -0.394. The third kappa shape index (κ3) is 10.5. The molecule has 10 nitrogen and oxygen atoms in total. The molecule has 52 heavy (non-hydrogen) atoms. The summed E-state index contributed by atoms with van der Waals surface area (Å²) in [6.07, 6.45) is 0. The van der Waals surface area contributed by atoms with Crippen LogP contribution < -0.4 is 0 Å². The highest BCUT2D eigenvalue weighted by Crippen LogP contribution is 2.20. The van der Waals surface area contributed by atoms with Gasteiger partial charge in [0.05, 0.1) is 9.85 Å². The lowest BCUT2D eigenvalue weighted by Gasteiger charge is -2.23. The van der Waals surface area contributed by atoms with E-state index in [4.69, 9.17) is 0 Å². The minimum absolute atomic E-state index is 0.0285. The molecule has 0 saturated heterocycles. The highest BCUT2D eigenvalue weighted by atomic mass is 16.6. The number of nitrogens with zero attached hydrogens (tertiary/aromatic N) is 4. The van der Waals surface area contributed by atoms with Gasteiger partial charge >= 0.3 is 0 Å². The van der Waals surface area contributed by atoms with Crippen molar-refractivity contribution in [2.45, 2.75) is 26.2 Å². The standard InChI is InChI=1S/2C21H18N2O3/c24-21(19-12-7-13-20(14-19)23(25)26)22(15-17-8-3-1-4-9-17)16-18-10-5-2-6-11-18;24-21(19-11-13-20(14-12-19)23(25)26)22(15-17-7-3-1-4-8-17)16-18-9-5-2-6-10-18/h2*1-14H,15-16H2. The summed E-state index contributed by atoms with van der Waals surface area (Å²) in [5, 5.41) is 21.8. The summed E-state index contributed by atoms with van der Waals surface area (Å²) in [6, 6.07) is 50.5. The first-order chi connectivity index (χ1) is 25.3. The number of amides is 2. The molecule has 0 aliphatic carbocycles. The van der Waals surface area contributed by atoms with Gasteiger partial charge in [0.25, 0.3) is 23.2 Å². The first-order valence-corrected chi connectivity index (χ1v) is 16.5. The van der Waals surface area contributed by atoms with E-state index in [1.165, 1.54) is 42.5 Å². The lowest BCUT2D eigenvalue weighted by molar-refractivity contribution is -0.385. The minimum Gasteiger partial charge on any atom is -0.330 e. The third-order valence-corrected chi connectivity index (χ3v) is 8.07. The second-order valence-corrected chi connectivity index (χ2v) is 11.9. The van der Waals surface area contributed by atoms with E-state index < -0.39 is 9.85 Å². The van der Waals surface area contributed by atoms with Crippen LogP contribution in [0.5, 0.6) is 0 Å². The molecule has 260 valence electrons. The molecule has 6 aromatic rings. The highest BCUT2D eigenvalue weighted by Gasteiger charge is 2.20. The van der Waals surface area contributed by atoms with Crippen molar-refractivity contribution in [3.05, 3.63) is 223 Å². The summed E-state index contributed by atoms with van der Waals surface area (Å²) >= 11 is 0. The molecule has 0 aliphatic rings. The summed E-state index contributed by atoms with van der Waals surface area (Å²) in [4.78, 5) is 50.3. The molecule has 0 heterocycles. The summed E-state index contributed by atoms with van der Waals surface area (Å²) in [6.45, 7) is 1.78. The van der Waals surface area contributed by atoms with Crippen molar-refractivity contribution in [1.82, 2.24) is 9.80 Å². The number of hydrogen-bond acceptors (Lipinski definition) is 6. The molecule has 0 saturated carbocycles. The lowest BCUT2D eigenvalue weighted by atomic mass is 10.1. The number of nitro groups is 2. The average molecular weight is 693 g/mol. The number of rotatable bonds is 12. The lowest BCUT2D eigenvalue weighted by Crippen LogP contribution is -2.30. The molecule has 0 aliphatic heterocycles. The molecule has 6 aromatic carbocycles. The maximum Gasteiger partial charge on any atom is 0.270 e. The first-order valence-electron chi connectivity index (χ1n) is 16.5. The fourth-order valence-electron chi connectivity index (χ4n) is 5.46. The van der Waals surface area contributed by atoms with Gasteiger partial charge in [0, 0.05) is 61.6 Å². The molecule has 0 aromatic heterocycles. The molecular weight excluding hydrogens is 656 g/mol. The normalized spacial score (nSPS) is 10.3. The highest BCUT2D eigenvalue weighted by molar-refractivity contribution is 5.95. The quantitative estimate of drug-likeness (QED) is 0.0931. The third-order valence-electron chi connectivity index (χ3n) is 8.07. The molecule has 2 amide bonds. The zero-order valence-electron chi connectivity index (χ0n) is 28.2. The van der Waals surface area contributed by atoms with Crippen molar-refractivity contribution in [1.29, 1.82) is 0 Å². The molecule has 0 bridgehead atoms. The molecule has 0 spiro atoms. The topological polar surface area (TPSA) is 127 Å². The number of hydrogen-bond donors (Lipinski definition) is 0. The van der Waals surface area contributed by atoms with Gasteiger partial charge in [-0.25, -0.2) is 0 Å². The van der Waals surface area contributed by atoms with E-state index in [-0.39, 0.29) is 23.2 Å². The van der Waals surface area contributed by atoms with Gasteiger partial charge in [0.1, 0.15) is 0 Å². The fourth-order valence-corrected chi connectivity index (χ4v) is 5.46. The van der Waals surface area contributed by atoms with Gasteiger partial charge in [-0.3, -0.25) is 29.8 Å². The van der Waals surface area contributed by atoms with E-state index in [1.54, 1.807) is 15.9 Å². The Morgan fingerprint density at radius 3 is 1.10 bits per heavy atom. The molecule has 6 rings (SSSR count). The Labute approximate surface area is 301 Å². The van der Waals surface area contributed by atoms with Crippen molar-refractivity contribution in [2.75, 3.05) is 0 Å². The SMILES string of the molecule is O=C(c1ccc([N+](=O)[O-])cc1)N(Cc1ccccc1)Cc1ccccc1.O=C(c1cccc([N+](=O)[O-])c1)N(Cc1ccccc1)Cc1ccccc1. The van der Waals surface area contributed by atoms with Gasteiger partial charge in [0.2, 0.25) is 0 Å². The monoisotopic (exact) mass is 692 g/mol. The Hall–Kier alpha value is -6.94. The van der Waals surface area contributed by atoms with Crippen LogP contribution in [0.3, 0.4) is 0 Å². The maximum atomic E-state index is 13.0. The van der Waals surface area contributed by atoms with E-state index in [9.17, 15) is 29.8 Å². The Morgan fingerprint density at radius 1 is 0.404 bits per heavy atom. The van der Waals surface area contributed by atoms with E-state index >= 15 is 0 Å². The van der Waals surface area contributed by atoms with Crippen LogP contribution in [0.25, 0.3) is 0 Å². The van der Waals surface area contributed by atoms with Crippen molar-refractivity contribution in [2.24, 2.45) is 0 Å². The molecule has 0 radical (unpaired) electrons. The van der Waals surface area contributed by atoms with Gasteiger partial charge in [-0.15, -0.1) is 0 Å². The molecule has 0 fully saturated rings. The molecular formula is C42H36N4O6. The van der Waals surface area contributed by atoms with E-state index in [0.717, 1.165) is 22.3 Å². The largest absolute Gasteiger partial charge is 0.330 e. The smallest absolute Gasteiger partial charge is 0.270 e. The Kier molecular flexibility index (Phi) is 12.7. The summed E-state index contributed by atoms with van der Waals surface area (Å²) in [5.41, 5.74) is 4.68. The van der Waals surface area contributed by atoms with Crippen LogP contribution in [-0.2, 0) is 26.2 Å². The van der Waals surface area contributed by atoms with Crippen molar-refractivity contribution >= 4 is 23.2 Å². The average Bonchev–Trinajstić information content (AvgIpc) is 3.19. The van der Waals surface area contributed by atoms with Gasteiger partial charge in [-0.05, 0) is 40.5 Å². The van der Waals surface area contributed by atoms with Crippen LogP contribution in [0, 0.1) is 20.2 Å². The van der Waals surface area contributed by atoms with Gasteiger partial charge in [-0.2, -0.15) is 0 Å². The second-order valence-electron chi connectivity index (χ2n) is 11.9. The predicted octanol–water partition coefficient (Wildman–Crippen LogP) is 8.87. The summed E-state index contributed by atoms with van der Waals surface area (Å²) < 4.78 is 0. The summed E-state index contributed by atoms with van der Waals surface area (Å²) in [7, 11) is 0. The zero-order chi connectivity index (χ0) is 36.7. The van der Waals surface area contributed by atoms with Crippen molar-refractivity contribution < 1.29 is 19.4 Å². The zero-order valence-corrected chi connectivity index (χ0v) is 28.2. The van der Waals surface area contributed by atoms with Crippen LogP contribution >= 0.6 is 0 Å². The number of carbonyl (C=O) groups excluding carboxylic acids is 2. The molecule has 0 N–H and O–H groups in total. The number of non-ortho nitro benzene ring substituents is 2. The maximum absolute atomic E-state index is 13.0. The Morgan fingerprint density at radius 2 is 0.750 bits per heavy atom. The van der Waals surface area contributed by atoms with Crippen molar-refractivity contribution in [3.8, 4) is 0 Å². The van der Waals surface area contributed by atoms with Gasteiger partial charge in [-0.1, -0.05) is 127 Å². The minimum atomic E-state index is -0.491. The molecule has 10 heteroatoms. The molecule has 0 atom stereocenters. The van der Waals surface area contributed by atoms with Crippen LogP contribution in [0.1, 0.15) is 43.0 Å². The van der Waals surface area contributed by atoms with Crippen LogP contribution in [0.2, 0.25) is 0 Å². The van der Waals surface area contributed by atoms with Crippen molar-refractivity contribution in [3.63, 3.8) is 0 Å². The van der Waals surface area contributed by atoms with Crippen LogP contribution in [-0.4, -0.2) is 31.5 Å². The van der Waals surface area contributed by atoms with Gasteiger partial charge in [0.15, 0.2) is 0 Å². The van der Waals surface area contributed by atoms with E-state index in [1.807, 2.05) is 121 Å². The number of carbonyl (C=O) groups is 2. The van der Waals surface area contributed by atoms with Crippen LogP contribution in [0.4, 0.5) is 11.4 Å². The van der Waals surface area contributed by atoms with Gasteiger partial charge < -0.3 is 9.80 Å². The predicted molar refractivity (Wildman–Crippen MR) is 199 cm³/mol. The van der Waals surface area contributed by atoms with Crippen LogP contribution in [0.15, 0.2) is 170 Å². The second kappa shape index (κ2) is 18.2. The Bertz CT molecular complexity index is 2000. The van der Waals surface area contributed by atoms with E-state index in [0.29, 0.717) is 37.3 Å². The number of nitro benzene ring substituents is 2. The first kappa shape index (κ1) is 36.3. The fraction of sp³-hybridized carbons (Fsp3) is 0.0952. The van der Waals surface area contributed by atoms with E-state index in [2.05, 4.69) is 0 Å². The number of benzene rings is 6. The Balaban J connectivity index is 0.000000201. The molecule has 0 unspecified atom stereocenters.